The van der Waals surface area contributed by atoms with Crippen LogP contribution < -0.4 is 11.1 Å². The van der Waals surface area contributed by atoms with E-state index in [1.165, 1.54) is 6.26 Å². The van der Waals surface area contributed by atoms with Gasteiger partial charge >= 0.3 is 0 Å². The Bertz CT molecular complexity index is 284. The Morgan fingerprint density at radius 1 is 1.47 bits per heavy atom. The van der Waals surface area contributed by atoms with Crippen LogP contribution in [0.25, 0.3) is 0 Å². The van der Waals surface area contributed by atoms with E-state index in [1.54, 1.807) is 0 Å². The third-order valence-corrected chi connectivity index (χ3v) is 3.17. The molecule has 1 atom stereocenters. The van der Waals surface area contributed by atoms with Gasteiger partial charge in [0.2, 0.25) is 5.91 Å². The second-order valence-electron chi connectivity index (χ2n) is 3.62. The van der Waals surface area contributed by atoms with Crippen LogP contribution in [0.4, 0.5) is 0 Å². The summed E-state index contributed by atoms with van der Waals surface area (Å²) in [5.74, 6) is -0.149. The zero-order valence-electron chi connectivity index (χ0n) is 9.32. The van der Waals surface area contributed by atoms with Gasteiger partial charge in [0.15, 0.2) is 0 Å². The summed E-state index contributed by atoms with van der Waals surface area (Å²) in [6.45, 7) is 2.62. The lowest BCUT2D eigenvalue weighted by molar-refractivity contribution is -0.124. The minimum absolute atomic E-state index is 0.0894. The van der Waals surface area contributed by atoms with Crippen molar-refractivity contribution in [2.45, 2.75) is 19.8 Å². The van der Waals surface area contributed by atoms with Crippen LogP contribution in [0.2, 0.25) is 0 Å². The van der Waals surface area contributed by atoms with Gasteiger partial charge < -0.3 is 11.1 Å². The van der Waals surface area contributed by atoms with Crippen molar-refractivity contribution in [3.05, 3.63) is 0 Å². The summed E-state index contributed by atoms with van der Waals surface area (Å²) in [5.41, 5.74) is 5.40. The first-order valence-electron chi connectivity index (χ1n) is 5.06. The van der Waals surface area contributed by atoms with E-state index in [4.69, 9.17) is 5.73 Å². The normalized spacial score (nSPS) is 13.5. The number of hydrogen-bond acceptors (Lipinski definition) is 4. The Morgan fingerprint density at radius 2 is 2.07 bits per heavy atom. The maximum absolute atomic E-state index is 11.4. The van der Waals surface area contributed by atoms with Crippen LogP contribution in [0.3, 0.4) is 0 Å². The topological polar surface area (TPSA) is 89.3 Å². The molecule has 5 nitrogen and oxygen atoms in total. The van der Waals surface area contributed by atoms with Crippen LogP contribution in [-0.2, 0) is 14.6 Å². The zero-order valence-corrected chi connectivity index (χ0v) is 10.1. The Kier molecular flexibility index (Phi) is 6.51. The van der Waals surface area contributed by atoms with Crippen molar-refractivity contribution < 1.29 is 13.2 Å². The van der Waals surface area contributed by atoms with Crippen LogP contribution in [0.5, 0.6) is 0 Å². The first-order chi connectivity index (χ1) is 6.90. The molecule has 0 spiro atoms. The second-order valence-corrected chi connectivity index (χ2v) is 5.88. The van der Waals surface area contributed by atoms with Crippen molar-refractivity contribution in [2.24, 2.45) is 11.7 Å². The Hall–Kier alpha value is -0.620. The van der Waals surface area contributed by atoms with Gasteiger partial charge in [0.1, 0.15) is 9.84 Å². The van der Waals surface area contributed by atoms with Crippen molar-refractivity contribution >= 4 is 15.7 Å². The Balaban J connectivity index is 3.73. The van der Waals surface area contributed by atoms with Gasteiger partial charge in [-0.2, -0.15) is 0 Å². The first kappa shape index (κ1) is 14.4. The molecule has 0 aliphatic rings. The number of amides is 1. The largest absolute Gasteiger partial charge is 0.356 e. The number of nitrogens with two attached hydrogens (primary N) is 1. The molecule has 0 saturated heterocycles. The number of carbonyl (C=O) groups is 1. The molecule has 1 amide bonds. The molecule has 0 aromatic rings. The van der Waals surface area contributed by atoms with Crippen LogP contribution in [0.1, 0.15) is 19.8 Å². The van der Waals surface area contributed by atoms with Gasteiger partial charge in [-0.25, -0.2) is 8.42 Å². The van der Waals surface area contributed by atoms with Crippen molar-refractivity contribution in [1.29, 1.82) is 0 Å². The molecule has 0 aromatic heterocycles. The summed E-state index contributed by atoms with van der Waals surface area (Å²) in [5, 5.41) is 2.67. The fraction of sp³-hybridized carbons (Fsp3) is 0.889. The average molecular weight is 236 g/mol. The monoisotopic (exact) mass is 236 g/mol. The molecule has 3 N–H and O–H groups in total. The van der Waals surface area contributed by atoms with E-state index < -0.39 is 9.84 Å². The van der Waals surface area contributed by atoms with Gasteiger partial charge in [0.25, 0.3) is 0 Å². The molecule has 0 heterocycles. The number of hydrogen-bond donors (Lipinski definition) is 2. The van der Waals surface area contributed by atoms with E-state index in [2.05, 4.69) is 5.32 Å². The summed E-state index contributed by atoms with van der Waals surface area (Å²) >= 11 is 0. The number of carbonyl (C=O) groups excluding carboxylic acids is 1. The predicted octanol–water partition coefficient (Wildman–Crippen LogP) is -0.478. The minimum Gasteiger partial charge on any atom is -0.356 e. The maximum atomic E-state index is 11.4. The highest BCUT2D eigenvalue weighted by molar-refractivity contribution is 7.90. The average Bonchev–Trinajstić information content (AvgIpc) is 2.13. The molecule has 0 aliphatic carbocycles. The molecule has 90 valence electrons. The number of nitrogens with one attached hydrogen (secondary N) is 1. The molecule has 0 fully saturated rings. The van der Waals surface area contributed by atoms with E-state index >= 15 is 0 Å². The molecule has 15 heavy (non-hydrogen) atoms. The minimum atomic E-state index is -2.93. The van der Waals surface area contributed by atoms with Gasteiger partial charge in [0, 0.05) is 25.3 Å². The highest BCUT2D eigenvalue weighted by Gasteiger charge is 2.13. The fourth-order valence-electron chi connectivity index (χ4n) is 1.15. The number of sulfone groups is 1. The van der Waals surface area contributed by atoms with E-state index in [0.29, 0.717) is 25.9 Å². The van der Waals surface area contributed by atoms with Crippen molar-refractivity contribution in [3.63, 3.8) is 0 Å². The quantitative estimate of drug-likeness (QED) is 0.584. The highest BCUT2D eigenvalue weighted by atomic mass is 32.2. The van der Waals surface area contributed by atoms with Gasteiger partial charge in [0.05, 0.1) is 5.75 Å². The van der Waals surface area contributed by atoms with Crippen LogP contribution in [0.15, 0.2) is 0 Å². The zero-order chi connectivity index (χ0) is 11.9. The molecule has 0 aliphatic heterocycles. The molecule has 0 rings (SSSR count). The summed E-state index contributed by atoms with van der Waals surface area (Å²) < 4.78 is 21.6. The lowest BCUT2D eigenvalue weighted by atomic mass is 10.1. The molecule has 6 heteroatoms. The molecule has 0 bridgehead atoms. The molecule has 1 unspecified atom stereocenters. The Labute approximate surface area is 91.3 Å². The predicted molar refractivity (Wildman–Crippen MR) is 60.2 cm³/mol. The van der Waals surface area contributed by atoms with Gasteiger partial charge in [-0.05, 0) is 12.8 Å². The van der Waals surface area contributed by atoms with Crippen LogP contribution >= 0.6 is 0 Å². The molecule has 0 saturated carbocycles. The summed E-state index contributed by atoms with van der Waals surface area (Å²) in [7, 11) is -2.93. The van der Waals surface area contributed by atoms with E-state index in [9.17, 15) is 13.2 Å². The second kappa shape index (κ2) is 6.79. The van der Waals surface area contributed by atoms with Crippen LogP contribution in [-0.4, -0.2) is 39.4 Å². The SMILES string of the molecule is CCC(CN)C(=O)NCCCS(C)(=O)=O. The summed E-state index contributed by atoms with van der Waals surface area (Å²) in [4.78, 5) is 11.4. The Morgan fingerprint density at radius 3 is 2.47 bits per heavy atom. The highest BCUT2D eigenvalue weighted by Crippen LogP contribution is 1.99. The van der Waals surface area contributed by atoms with Crippen molar-refractivity contribution in [3.8, 4) is 0 Å². The van der Waals surface area contributed by atoms with E-state index in [-0.39, 0.29) is 17.6 Å². The third-order valence-electron chi connectivity index (χ3n) is 2.14. The van der Waals surface area contributed by atoms with E-state index in [0.717, 1.165) is 0 Å². The standard InChI is InChI=1S/C9H20N2O3S/c1-3-8(7-10)9(12)11-5-4-6-15(2,13)14/h8H,3-7,10H2,1-2H3,(H,11,12). The third kappa shape index (κ3) is 7.33. The number of rotatable bonds is 7. The molecular formula is C9H20N2O3S. The molecular weight excluding hydrogens is 216 g/mol. The van der Waals surface area contributed by atoms with Crippen molar-refractivity contribution in [1.82, 2.24) is 5.32 Å². The fourth-order valence-corrected chi connectivity index (χ4v) is 1.82. The lowest BCUT2D eigenvalue weighted by Gasteiger charge is -2.12. The van der Waals surface area contributed by atoms with Crippen LogP contribution in [0, 0.1) is 5.92 Å². The lowest BCUT2D eigenvalue weighted by Crippen LogP contribution is -2.35. The van der Waals surface area contributed by atoms with Gasteiger partial charge in [-0.3, -0.25) is 4.79 Å². The first-order valence-corrected chi connectivity index (χ1v) is 7.12. The van der Waals surface area contributed by atoms with E-state index in [1.807, 2.05) is 6.92 Å². The maximum Gasteiger partial charge on any atom is 0.224 e. The molecule has 0 radical (unpaired) electrons. The smallest absolute Gasteiger partial charge is 0.224 e. The summed E-state index contributed by atoms with van der Waals surface area (Å²) in [6.07, 6.45) is 2.34. The summed E-state index contributed by atoms with van der Waals surface area (Å²) in [6, 6.07) is 0. The molecule has 0 aromatic carbocycles. The van der Waals surface area contributed by atoms with Gasteiger partial charge in [-0.1, -0.05) is 6.92 Å². The van der Waals surface area contributed by atoms with Crippen molar-refractivity contribution in [2.75, 3.05) is 25.1 Å². The van der Waals surface area contributed by atoms with Gasteiger partial charge in [-0.15, -0.1) is 0 Å².